The number of aromatic nitrogens is 6. The minimum absolute atomic E-state index is 0.179. The van der Waals surface area contributed by atoms with Gasteiger partial charge in [-0.15, -0.1) is 22.7 Å². The highest BCUT2D eigenvalue weighted by Gasteiger charge is 2.26. The third kappa shape index (κ3) is 9.39. The van der Waals surface area contributed by atoms with Crippen molar-refractivity contribution in [1.82, 2.24) is 39.3 Å². The Bertz CT molecular complexity index is 2490. The molecule has 0 aliphatic carbocycles. The van der Waals surface area contributed by atoms with Crippen LogP contribution in [0.25, 0.3) is 43.7 Å². The zero-order valence-electron chi connectivity index (χ0n) is 32.1. The molecule has 2 unspecified atom stereocenters. The lowest BCUT2D eigenvalue weighted by atomic mass is 10.1. The van der Waals surface area contributed by atoms with Crippen LogP contribution in [0.1, 0.15) is 34.0 Å². The second kappa shape index (κ2) is 17.2. The molecule has 58 heavy (non-hydrogen) atoms. The maximum atomic E-state index is 12.8. The minimum atomic E-state index is -3.67. The van der Waals surface area contributed by atoms with Crippen LogP contribution in [0.5, 0.6) is 0 Å². The first kappa shape index (κ1) is 41.4. The number of nitrogens with two attached hydrogens (primary N) is 2. The number of anilines is 2. The Morgan fingerprint density at radius 1 is 0.621 bits per heavy atom. The second-order valence-electron chi connectivity index (χ2n) is 13.8. The molecule has 2 aliphatic rings. The predicted octanol–water partition coefficient (Wildman–Crippen LogP) is 5.07. The van der Waals surface area contributed by atoms with Gasteiger partial charge in [0.05, 0.1) is 66.6 Å². The van der Waals surface area contributed by atoms with Gasteiger partial charge in [-0.25, -0.2) is 56.2 Å². The van der Waals surface area contributed by atoms with Crippen LogP contribution in [0.2, 0.25) is 0 Å². The molecule has 304 valence electrons. The number of nitrogens with zero attached hydrogens (tertiary/aromatic N) is 6. The van der Waals surface area contributed by atoms with Gasteiger partial charge in [-0.05, 0) is 75.9 Å². The maximum absolute atomic E-state index is 12.8. The fourth-order valence-corrected chi connectivity index (χ4v) is 10.4. The normalized spacial score (nSPS) is 17.0. The Hall–Kier alpha value is -4.80. The summed E-state index contributed by atoms with van der Waals surface area (Å²) in [5.74, 6) is 0.614. The van der Waals surface area contributed by atoms with Crippen LogP contribution in [0.15, 0.2) is 71.0 Å². The summed E-state index contributed by atoms with van der Waals surface area (Å²) < 4.78 is 67.1. The van der Waals surface area contributed by atoms with E-state index >= 15 is 0 Å². The van der Waals surface area contributed by atoms with E-state index in [1.807, 2.05) is 27.7 Å². The molecule has 2 fully saturated rings. The number of thiazole rings is 2. The number of nitrogens with one attached hydrogen (secondary N) is 2. The molecule has 6 heterocycles. The lowest BCUT2D eigenvalue weighted by molar-refractivity contribution is 0.192. The summed E-state index contributed by atoms with van der Waals surface area (Å²) in [6.07, 6.45) is 7.88. The molecule has 2 saturated heterocycles. The van der Waals surface area contributed by atoms with E-state index in [4.69, 9.17) is 20.9 Å². The summed E-state index contributed by atoms with van der Waals surface area (Å²) >= 11 is 2.95. The van der Waals surface area contributed by atoms with Gasteiger partial charge in [0.2, 0.25) is 20.0 Å². The summed E-state index contributed by atoms with van der Waals surface area (Å²) in [4.78, 5) is 28.4. The number of benzene rings is 2. The number of aryl methyl sites for hydroxylation is 4. The average Bonchev–Trinajstić information content (AvgIpc) is 4.03. The van der Waals surface area contributed by atoms with E-state index in [0.29, 0.717) is 84.8 Å². The molecule has 2 aliphatic heterocycles. The van der Waals surface area contributed by atoms with Gasteiger partial charge in [0, 0.05) is 48.8 Å². The zero-order chi connectivity index (χ0) is 41.2. The van der Waals surface area contributed by atoms with Crippen molar-refractivity contribution in [1.29, 1.82) is 0 Å². The predicted molar refractivity (Wildman–Crippen MR) is 224 cm³/mol. The Labute approximate surface area is 344 Å². The zero-order valence-corrected chi connectivity index (χ0v) is 35.4. The molecule has 2 aromatic carbocycles. The minimum Gasteiger partial charge on any atom is -0.382 e. The maximum Gasteiger partial charge on any atom is 0.240 e. The topological polar surface area (TPSA) is 240 Å². The first-order valence-electron chi connectivity index (χ1n) is 18.2. The smallest absolute Gasteiger partial charge is 0.240 e. The van der Waals surface area contributed by atoms with Crippen LogP contribution in [0.3, 0.4) is 0 Å². The van der Waals surface area contributed by atoms with Crippen molar-refractivity contribution in [3.8, 4) is 43.7 Å². The number of rotatable bonds is 10. The van der Waals surface area contributed by atoms with Crippen molar-refractivity contribution in [2.45, 2.75) is 62.4 Å². The molecule has 0 saturated carbocycles. The van der Waals surface area contributed by atoms with Crippen molar-refractivity contribution in [2.75, 3.05) is 37.9 Å². The van der Waals surface area contributed by atoms with Crippen LogP contribution in [-0.2, 0) is 29.5 Å². The second-order valence-corrected chi connectivity index (χ2v) is 19.7. The van der Waals surface area contributed by atoms with Gasteiger partial charge in [-0.2, -0.15) is 0 Å². The molecule has 6 aromatic rings. The van der Waals surface area contributed by atoms with Crippen molar-refractivity contribution < 1.29 is 26.3 Å². The van der Waals surface area contributed by atoms with Crippen LogP contribution in [-0.4, -0.2) is 85.3 Å². The Morgan fingerprint density at radius 2 is 1.03 bits per heavy atom. The third-order valence-corrected chi connectivity index (χ3v) is 14.3. The van der Waals surface area contributed by atoms with Gasteiger partial charge in [0.15, 0.2) is 11.6 Å². The fraction of sp³-hybridized carbons (Fsp3) is 0.316. The summed E-state index contributed by atoms with van der Waals surface area (Å²) in [5, 5.41) is 1.80. The Balaban J connectivity index is 0.000000177. The molecule has 0 radical (unpaired) electrons. The SMILES string of the molecule is Cc1ncc(-c2nc(-c3cc(S(=O)(=O)NC4CCOC4)ccc3C)cnc2N)s1.Cc1ncc(-c2nc(-c3cc(S(=O)(=O)NC4CCOC4)ccc3C)cnc2N)s1. The van der Waals surface area contributed by atoms with E-state index in [9.17, 15) is 16.8 Å². The molecule has 0 spiro atoms. The van der Waals surface area contributed by atoms with Crippen LogP contribution >= 0.6 is 22.7 Å². The van der Waals surface area contributed by atoms with E-state index < -0.39 is 20.0 Å². The summed E-state index contributed by atoms with van der Waals surface area (Å²) in [5.41, 5.74) is 17.4. The molecule has 4 aromatic heterocycles. The Kier molecular flexibility index (Phi) is 12.3. The molecular weight excluding hydrogens is 821 g/mol. The van der Waals surface area contributed by atoms with Crippen LogP contribution in [0, 0.1) is 27.7 Å². The quantitative estimate of drug-likeness (QED) is 0.141. The number of nitrogen functional groups attached to an aromatic ring is 2. The van der Waals surface area contributed by atoms with Crippen molar-refractivity contribution in [3.63, 3.8) is 0 Å². The third-order valence-electron chi connectivity index (χ3n) is 9.40. The van der Waals surface area contributed by atoms with E-state index in [1.165, 1.54) is 22.7 Å². The van der Waals surface area contributed by atoms with Gasteiger partial charge in [0.1, 0.15) is 11.4 Å². The highest BCUT2D eigenvalue weighted by Crippen LogP contribution is 2.33. The molecule has 8 rings (SSSR count). The molecular formula is C38H42N10O6S4. The van der Waals surface area contributed by atoms with E-state index in [0.717, 1.165) is 30.9 Å². The standard InChI is InChI=1S/2C19H21N5O3S2/c2*1-11-3-4-14(29(25,26)24-13-5-6-27-10-13)7-15(11)16-8-22-19(20)18(23-16)17-9-21-12(2)28-17/h2*3-4,7-9,13,24H,5-6,10H2,1-2H3,(H2,20,22). The van der Waals surface area contributed by atoms with Gasteiger partial charge in [-0.3, -0.25) is 0 Å². The number of sulfonamides is 2. The number of hydrogen-bond donors (Lipinski definition) is 4. The van der Waals surface area contributed by atoms with Gasteiger partial charge in [0.25, 0.3) is 0 Å². The van der Waals surface area contributed by atoms with Crippen molar-refractivity contribution in [2.24, 2.45) is 0 Å². The monoisotopic (exact) mass is 862 g/mol. The summed E-state index contributed by atoms with van der Waals surface area (Å²) in [6.45, 7) is 9.51. The van der Waals surface area contributed by atoms with Crippen LogP contribution < -0.4 is 20.9 Å². The Morgan fingerprint density at radius 3 is 1.38 bits per heavy atom. The highest BCUT2D eigenvalue weighted by atomic mass is 32.2. The van der Waals surface area contributed by atoms with Crippen molar-refractivity contribution >= 4 is 54.4 Å². The molecule has 16 nitrogen and oxygen atoms in total. The number of ether oxygens (including phenoxy) is 2. The van der Waals surface area contributed by atoms with Crippen molar-refractivity contribution in [3.05, 3.63) is 82.3 Å². The number of hydrogen-bond acceptors (Lipinski definition) is 16. The van der Waals surface area contributed by atoms with Crippen LogP contribution in [0.4, 0.5) is 11.6 Å². The molecule has 0 amide bonds. The van der Waals surface area contributed by atoms with E-state index in [-0.39, 0.29) is 21.9 Å². The molecule has 2 atom stereocenters. The molecule has 6 N–H and O–H groups in total. The highest BCUT2D eigenvalue weighted by molar-refractivity contribution is 7.89. The summed E-state index contributed by atoms with van der Waals surface area (Å²) in [7, 11) is -7.34. The lowest BCUT2D eigenvalue weighted by Crippen LogP contribution is -2.35. The first-order chi connectivity index (χ1) is 27.7. The van der Waals surface area contributed by atoms with E-state index in [2.05, 4.69) is 39.3 Å². The summed E-state index contributed by atoms with van der Waals surface area (Å²) in [6, 6.07) is 9.55. The lowest BCUT2D eigenvalue weighted by Gasteiger charge is -2.14. The molecule has 0 bridgehead atoms. The van der Waals surface area contributed by atoms with E-state index in [1.54, 1.807) is 61.2 Å². The van der Waals surface area contributed by atoms with Gasteiger partial charge in [-0.1, -0.05) is 12.1 Å². The van der Waals surface area contributed by atoms with Gasteiger partial charge >= 0.3 is 0 Å². The fourth-order valence-electron chi connectivity index (χ4n) is 6.28. The molecule has 20 heteroatoms. The largest absolute Gasteiger partial charge is 0.382 e. The van der Waals surface area contributed by atoms with Gasteiger partial charge < -0.3 is 20.9 Å². The first-order valence-corrected chi connectivity index (χ1v) is 22.8. The average molecular weight is 863 g/mol.